The lowest BCUT2D eigenvalue weighted by molar-refractivity contribution is 0.101. The lowest BCUT2D eigenvalue weighted by Crippen LogP contribution is -2.53. The van der Waals surface area contributed by atoms with E-state index >= 15 is 0 Å². The van der Waals surface area contributed by atoms with Gasteiger partial charge in [-0.05, 0) is 66.2 Å². The third-order valence-corrected chi connectivity index (χ3v) is 23.2. The molecule has 3 rings (SSSR count). The van der Waals surface area contributed by atoms with E-state index in [0.29, 0.717) is 13.2 Å². The van der Waals surface area contributed by atoms with Crippen LogP contribution in [0, 0.1) is 0 Å². The van der Waals surface area contributed by atoms with Gasteiger partial charge in [-0.2, -0.15) is 11.8 Å². The van der Waals surface area contributed by atoms with E-state index in [9.17, 15) is 10.2 Å². The van der Waals surface area contributed by atoms with Gasteiger partial charge in [-0.1, -0.05) is 31.2 Å². The molecule has 3 atom stereocenters. The van der Waals surface area contributed by atoms with E-state index < -0.39 is 20.3 Å². The smallest absolute Gasteiger partial charge is 0.119 e. The number of hydrogen-bond donors (Lipinski definition) is 2. The van der Waals surface area contributed by atoms with Gasteiger partial charge in [-0.15, -0.1) is 53.2 Å². The number of ether oxygens (including phenoxy) is 2. The molecule has 2 N–H and O–H groups in total. The minimum atomic E-state index is -0.904. The Labute approximate surface area is 238 Å². The van der Waals surface area contributed by atoms with Crippen LogP contribution in [0.25, 0.3) is 11.1 Å². The molecule has 0 bridgehead atoms. The molecule has 3 unspecified atom stereocenters. The van der Waals surface area contributed by atoms with Gasteiger partial charge in [0.2, 0.25) is 0 Å². The fraction of sp³-hybridized carbons (Fsp3) is 0.538. The molecular weight excluding hydrogens is 569 g/mol. The summed E-state index contributed by atoms with van der Waals surface area (Å²) in [5.41, 5.74) is 2.17. The molecule has 4 nitrogen and oxygen atoms in total. The normalized spacial score (nSPS) is 19.2. The SMILES string of the molecule is CCS(CC(O)COc1ccc(-c2ccc(OCC(O)C3SCC3(SC)SC)cc2)cc1)(SC)SC. The molecule has 202 valence electrons. The van der Waals surface area contributed by atoms with Gasteiger partial charge in [0.25, 0.3) is 0 Å². The number of aliphatic hydroxyl groups excluding tert-OH is 2. The highest BCUT2D eigenvalue weighted by Gasteiger charge is 2.50. The number of hydrogen-bond acceptors (Lipinski definition) is 9. The van der Waals surface area contributed by atoms with Crippen molar-refractivity contribution in [3.63, 3.8) is 0 Å². The summed E-state index contributed by atoms with van der Waals surface area (Å²) in [7, 11) is 2.87. The van der Waals surface area contributed by atoms with Crippen molar-refractivity contribution in [2.24, 2.45) is 0 Å². The summed E-state index contributed by atoms with van der Waals surface area (Å²) in [5.74, 6) is 4.45. The molecule has 36 heavy (non-hydrogen) atoms. The third kappa shape index (κ3) is 7.58. The Bertz CT molecular complexity index is 905. The zero-order valence-electron chi connectivity index (χ0n) is 21.5. The molecule has 1 aliphatic heterocycles. The van der Waals surface area contributed by atoms with Gasteiger partial charge in [0.1, 0.15) is 30.8 Å². The van der Waals surface area contributed by atoms with E-state index in [1.165, 1.54) is 0 Å². The molecule has 0 amide bonds. The van der Waals surface area contributed by atoms with Crippen LogP contribution in [-0.2, 0) is 0 Å². The van der Waals surface area contributed by atoms with E-state index in [1.807, 2.05) is 105 Å². The van der Waals surface area contributed by atoms with Crippen LogP contribution in [0.15, 0.2) is 48.5 Å². The molecule has 0 aliphatic carbocycles. The first-order chi connectivity index (χ1) is 17.3. The van der Waals surface area contributed by atoms with E-state index in [-0.39, 0.29) is 9.33 Å². The quantitative estimate of drug-likeness (QED) is 0.169. The maximum Gasteiger partial charge on any atom is 0.119 e. The molecule has 1 heterocycles. The van der Waals surface area contributed by atoms with Crippen LogP contribution in [0.5, 0.6) is 11.5 Å². The summed E-state index contributed by atoms with van der Waals surface area (Å²) in [6.45, 7) is 2.81. The number of thioether (sulfide) groups is 3. The highest BCUT2D eigenvalue weighted by Crippen LogP contribution is 2.67. The van der Waals surface area contributed by atoms with Crippen LogP contribution < -0.4 is 9.47 Å². The molecule has 1 fully saturated rings. The van der Waals surface area contributed by atoms with Crippen LogP contribution in [0.3, 0.4) is 0 Å². The summed E-state index contributed by atoms with van der Waals surface area (Å²) in [5, 5.41) is 21.4. The van der Waals surface area contributed by atoms with Gasteiger partial charge in [-0.3, -0.25) is 0 Å². The van der Waals surface area contributed by atoms with Crippen molar-refractivity contribution in [2.45, 2.75) is 28.5 Å². The first-order valence-electron chi connectivity index (χ1n) is 11.8. The minimum absolute atomic E-state index is 0.0928. The van der Waals surface area contributed by atoms with Crippen molar-refractivity contribution < 1.29 is 19.7 Å². The summed E-state index contributed by atoms with van der Waals surface area (Å²) >= 11 is 5.48. The Hall–Kier alpha value is 0.0600. The molecule has 2 aromatic carbocycles. The Balaban J connectivity index is 1.49. The zero-order chi connectivity index (χ0) is 26.2. The highest BCUT2D eigenvalue weighted by molar-refractivity contribution is 9.24. The number of benzene rings is 2. The van der Waals surface area contributed by atoms with Crippen molar-refractivity contribution in [1.29, 1.82) is 0 Å². The Morgan fingerprint density at radius 2 is 1.39 bits per heavy atom. The topological polar surface area (TPSA) is 58.9 Å². The second-order valence-corrected chi connectivity index (χ2v) is 21.6. The fourth-order valence-electron chi connectivity index (χ4n) is 4.00. The predicted octanol–water partition coefficient (Wildman–Crippen LogP) is 6.75. The van der Waals surface area contributed by atoms with E-state index in [0.717, 1.165) is 39.9 Å². The molecular formula is C26H38O4S6. The molecule has 0 aromatic heterocycles. The number of rotatable bonds is 15. The molecule has 2 aromatic rings. The summed E-state index contributed by atoms with van der Waals surface area (Å²) < 4.78 is 11.9. The largest absolute Gasteiger partial charge is 0.491 e. The van der Waals surface area contributed by atoms with E-state index in [1.54, 1.807) is 0 Å². The Morgan fingerprint density at radius 1 is 0.889 bits per heavy atom. The summed E-state index contributed by atoms with van der Waals surface area (Å²) in [6, 6.07) is 15.9. The van der Waals surface area contributed by atoms with Gasteiger partial charge in [0.15, 0.2) is 0 Å². The lowest BCUT2D eigenvalue weighted by atomic mass is 10.1. The molecule has 10 heteroatoms. The maximum atomic E-state index is 10.7. The minimum Gasteiger partial charge on any atom is -0.491 e. The monoisotopic (exact) mass is 606 g/mol. The summed E-state index contributed by atoms with van der Waals surface area (Å²) in [6.07, 6.45) is 7.56. The Morgan fingerprint density at radius 3 is 1.78 bits per heavy atom. The highest BCUT2D eigenvalue weighted by atomic mass is 33.6. The summed E-state index contributed by atoms with van der Waals surface area (Å²) in [4.78, 5) is 0. The lowest BCUT2D eigenvalue weighted by Gasteiger charge is -2.48. The van der Waals surface area contributed by atoms with Gasteiger partial charge in [-0.25, -0.2) is 0 Å². The Kier molecular flexibility index (Phi) is 12.3. The molecule has 1 aliphatic rings. The first kappa shape index (κ1) is 30.6. The first-order valence-corrected chi connectivity index (χ1v) is 20.7. The van der Waals surface area contributed by atoms with E-state index in [2.05, 4.69) is 31.9 Å². The number of aliphatic hydroxyl groups is 2. The van der Waals surface area contributed by atoms with Crippen molar-refractivity contribution in [2.75, 3.05) is 55.5 Å². The van der Waals surface area contributed by atoms with Crippen molar-refractivity contribution in [3.05, 3.63) is 48.5 Å². The van der Waals surface area contributed by atoms with Crippen LogP contribution in [0.2, 0.25) is 0 Å². The zero-order valence-corrected chi connectivity index (χ0v) is 26.4. The maximum absolute atomic E-state index is 10.7. The van der Waals surface area contributed by atoms with Gasteiger partial charge in [0.05, 0.1) is 15.4 Å². The fourth-order valence-corrected chi connectivity index (χ4v) is 15.3. The predicted molar refractivity (Wildman–Crippen MR) is 171 cm³/mol. The van der Waals surface area contributed by atoms with Crippen molar-refractivity contribution >= 4 is 65.0 Å². The van der Waals surface area contributed by atoms with Crippen LogP contribution in [0.4, 0.5) is 0 Å². The second kappa shape index (κ2) is 14.4. The molecule has 0 radical (unpaired) electrons. The van der Waals surface area contributed by atoms with Gasteiger partial charge < -0.3 is 19.7 Å². The average molecular weight is 607 g/mol. The standard InChI is InChI=1S/C26H38O4S6/c1-6-36(33-4,34-5)17-21(27)15-29-22-11-7-19(8-12-22)20-9-13-23(14-10-20)30-16-24(28)25-26(31-2,32-3)18-35-25/h7-14,21,24-25,27-28H,6,15-18H2,1-5H3. The molecule has 1 saturated heterocycles. The second-order valence-electron chi connectivity index (χ2n) is 8.38. The van der Waals surface area contributed by atoms with Crippen LogP contribution in [-0.4, -0.2) is 87.2 Å². The van der Waals surface area contributed by atoms with Crippen LogP contribution >= 0.6 is 65.0 Å². The van der Waals surface area contributed by atoms with Gasteiger partial charge in [0, 0.05) is 11.5 Å². The van der Waals surface area contributed by atoms with Crippen molar-refractivity contribution in [1.82, 2.24) is 0 Å². The molecule has 0 saturated carbocycles. The third-order valence-electron chi connectivity index (χ3n) is 6.34. The average Bonchev–Trinajstić information content (AvgIpc) is 2.90. The van der Waals surface area contributed by atoms with Crippen molar-refractivity contribution in [3.8, 4) is 22.6 Å². The molecule has 0 spiro atoms. The van der Waals surface area contributed by atoms with Gasteiger partial charge >= 0.3 is 0 Å². The van der Waals surface area contributed by atoms with Crippen LogP contribution in [0.1, 0.15) is 6.92 Å². The van der Waals surface area contributed by atoms with E-state index in [4.69, 9.17) is 9.47 Å².